The van der Waals surface area contributed by atoms with Gasteiger partial charge in [-0.05, 0) is 5.10 Å². The van der Waals surface area contributed by atoms with E-state index >= 15 is 0 Å². The first-order chi connectivity index (χ1) is 3.97. The van der Waals surface area contributed by atoms with E-state index in [4.69, 9.17) is 0 Å². The number of aromatic nitrogens is 5. The van der Waals surface area contributed by atoms with Crippen LogP contribution in [-0.4, -0.2) is 20.3 Å². The smallest absolute Gasteiger partial charge is 0.231 e. The normalized spacial score (nSPS) is 10.5. The van der Waals surface area contributed by atoms with Crippen LogP contribution in [0.3, 0.4) is 0 Å². The lowest BCUT2D eigenvalue weighted by molar-refractivity contribution is -0.577. The summed E-state index contributed by atoms with van der Waals surface area (Å²) in [4.78, 5) is 3.87. The van der Waals surface area contributed by atoms with Gasteiger partial charge in [0.25, 0.3) is 6.33 Å². The first kappa shape index (κ1) is 3.59. The second kappa shape index (κ2) is 1.06. The van der Waals surface area contributed by atoms with Crippen molar-refractivity contribution < 1.29 is 4.52 Å². The first-order valence-corrected chi connectivity index (χ1v) is 2.21. The van der Waals surface area contributed by atoms with Gasteiger partial charge in [-0.25, -0.2) is 5.10 Å². The Morgan fingerprint density at radius 2 is 2.62 bits per heavy atom. The van der Waals surface area contributed by atoms with Crippen molar-refractivity contribution in [3.63, 3.8) is 0 Å². The molecule has 0 aliphatic carbocycles. The Morgan fingerprint density at radius 1 is 1.62 bits per heavy atom. The fraction of sp³-hybridized carbons (Fsp3) is 0. The molecule has 0 saturated carbocycles. The second-order valence-corrected chi connectivity index (χ2v) is 1.44. The lowest BCUT2D eigenvalue weighted by atomic mass is 11.1. The summed E-state index contributed by atoms with van der Waals surface area (Å²) in [5.74, 6) is 0.727. The summed E-state index contributed by atoms with van der Waals surface area (Å²) >= 11 is 0. The zero-order valence-corrected chi connectivity index (χ0v) is 4.00. The summed E-state index contributed by atoms with van der Waals surface area (Å²) in [5, 5.41) is 9.19. The molecule has 0 fully saturated rings. The highest BCUT2D eigenvalue weighted by atomic mass is 15.4. The Balaban J connectivity index is 3.06. The summed E-state index contributed by atoms with van der Waals surface area (Å²) in [6.07, 6.45) is 3.20. The summed E-state index contributed by atoms with van der Waals surface area (Å²) in [7, 11) is 0. The van der Waals surface area contributed by atoms with Crippen LogP contribution < -0.4 is 4.52 Å². The fourth-order valence-electron chi connectivity index (χ4n) is 0.591. The molecular formula is C3H4N5+. The van der Waals surface area contributed by atoms with Crippen molar-refractivity contribution in [2.24, 2.45) is 0 Å². The zero-order valence-electron chi connectivity index (χ0n) is 4.00. The largest absolute Gasteiger partial charge is 0.402 e. The lowest BCUT2D eigenvalue weighted by Gasteiger charge is -1.61. The number of nitrogens with zero attached hydrogens (tertiary/aromatic N) is 3. The number of hydrogen-bond acceptors (Lipinski definition) is 2. The van der Waals surface area contributed by atoms with Gasteiger partial charge in [0.15, 0.2) is 6.33 Å². The van der Waals surface area contributed by atoms with Gasteiger partial charge in [0, 0.05) is 0 Å². The Morgan fingerprint density at radius 3 is 3.50 bits per heavy atom. The predicted molar refractivity (Wildman–Crippen MR) is 23.9 cm³/mol. The summed E-state index contributed by atoms with van der Waals surface area (Å²) < 4.78 is 1.68. The molecule has 40 valence electrons. The van der Waals surface area contributed by atoms with Crippen molar-refractivity contribution in [2.75, 3.05) is 0 Å². The van der Waals surface area contributed by atoms with Crippen LogP contribution in [0.15, 0.2) is 12.7 Å². The van der Waals surface area contributed by atoms with Gasteiger partial charge < -0.3 is 0 Å². The number of rotatable bonds is 0. The minimum absolute atomic E-state index is 0.727. The van der Waals surface area contributed by atoms with E-state index < -0.39 is 0 Å². The van der Waals surface area contributed by atoms with Crippen LogP contribution >= 0.6 is 0 Å². The molecule has 0 bridgehead atoms. The minimum Gasteiger partial charge on any atom is -0.231 e. The van der Waals surface area contributed by atoms with Crippen LogP contribution in [0.2, 0.25) is 0 Å². The van der Waals surface area contributed by atoms with E-state index in [1.54, 1.807) is 17.2 Å². The molecule has 0 atom stereocenters. The fourth-order valence-corrected chi connectivity index (χ4v) is 0.591. The molecule has 2 aromatic heterocycles. The van der Waals surface area contributed by atoms with Crippen molar-refractivity contribution in [3.8, 4) is 0 Å². The Bertz CT molecular complexity index is 229. The van der Waals surface area contributed by atoms with Gasteiger partial charge in [-0.3, -0.25) is 0 Å². The molecule has 0 unspecified atom stereocenters. The molecule has 0 radical (unpaired) electrons. The first-order valence-electron chi connectivity index (χ1n) is 2.21. The average Bonchev–Trinajstić information content (AvgIpc) is 2.15. The monoisotopic (exact) mass is 110 g/mol. The van der Waals surface area contributed by atoms with Crippen molar-refractivity contribution in [2.45, 2.75) is 0 Å². The van der Waals surface area contributed by atoms with Gasteiger partial charge in [0.2, 0.25) is 0 Å². The molecule has 0 amide bonds. The van der Waals surface area contributed by atoms with Gasteiger partial charge in [0.1, 0.15) is 0 Å². The van der Waals surface area contributed by atoms with E-state index in [0.29, 0.717) is 0 Å². The molecule has 5 heteroatoms. The third kappa shape index (κ3) is 0.281. The third-order valence-electron chi connectivity index (χ3n) is 0.950. The average molecular weight is 110 g/mol. The molecule has 2 aromatic rings. The summed E-state index contributed by atoms with van der Waals surface area (Å²) in [6, 6.07) is 0. The number of H-pyrrole nitrogens is 2. The SMILES string of the molecule is c1nc2[nH]nc[n+]2[nH]1. The van der Waals surface area contributed by atoms with E-state index in [1.165, 1.54) is 0 Å². The van der Waals surface area contributed by atoms with E-state index in [2.05, 4.69) is 20.3 Å². The van der Waals surface area contributed by atoms with E-state index in [9.17, 15) is 0 Å². The Kier molecular flexibility index (Phi) is 0.476. The molecule has 5 nitrogen and oxygen atoms in total. The van der Waals surface area contributed by atoms with E-state index in [-0.39, 0.29) is 0 Å². The third-order valence-corrected chi connectivity index (χ3v) is 0.950. The van der Waals surface area contributed by atoms with Crippen molar-refractivity contribution in [1.29, 1.82) is 0 Å². The molecule has 0 spiro atoms. The van der Waals surface area contributed by atoms with Gasteiger partial charge in [-0.15, -0.1) is 9.61 Å². The molecule has 2 N–H and O–H groups in total. The summed E-state index contributed by atoms with van der Waals surface area (Å²) in [5.41, 5.74) is 0. The minimum atomic E-state index is 0.727. The van der Waals surface area contributed by atoms with Crippen LogP contribution in [0.4, 0.5) is 0 Å². The van der Waals surface area contributed by atoms with Crippen LogP contribution in [0.1, 0.15) is 0 Å². The van der Waals surface area contributed by atoms with Gasteiger partial charge in [-0.2, -0.15) is 0 Å². The van der Waals surface area contributed by atoms with Gasteiger partial charge in [-0.1, -0.05) is 4.98 Å². The maximum atomic E-state index is 3.87. The van der Waals surface area contributed by atoms with Crippen LogP contribution in [0.5, 0.6) is 0 Å². The summed E-state index contributed by atoms with van der Waals surface area (Å²) in [6.45, 7) is 0. The zero-order chi connectivity index (χ0) is 5.40. The van der Waals surface area contributed by atoms with Crippen molar-refractivity contribution in [3.05, 3.63) is 12.7 Å². The standard InChI is InChI=1S/C3H3N5/c1-4-3-7-5-2-8(3)6-1/h1-2H,(H,4,6,7)/p+1. The van der Waals surface area contributed by atoms with Crippen molar-refractivity contribution >= 4 is 5.78 Å². The van der Waals surface area contributed by atoms with E-state index in [0.717, 1.165) is 5.78 Å². The molecule has 0 aliphatic heterocycles. The van der Waals surface area contributed by atoms with Crippen LogP contribution in [0, 0.1) is 0 Å². The molecule has 0 aliphatic rings. The highest BCUT2D eigenvalue weighted by Crippen LogP contribution is 1.73. The maximum absolute atomic E-state index is 3.87. The van der Waals surface area contributed by atoms with E-state index in [1.807, 2.05) is 0 Å². The predicted octanol–water partition coefficient (Wildman–Crippen LogP) is -1.13. The molecule has 0 aromatic carbocycles. The van der Waals surface area contributed by atoms with Crippen LogP contribution in [0.25, 0.3) is 5.78 Å². The second-order valence-electron chi connectivity index (χ2n) is 1.44. The van der Waals surface area contributed by atoms with Crippen molar-refractivity contribution in [1.82, 2.24) is 20.3 Å². The molecular weight excluding hydrogens is 106 g/mol. The highest BCUT2D eigenvalue weighted by Gasteiger charge is 1.99. The molecule has 2 heterocycles. The van der Waals surface area contributed by atoms with Gasteiger partial charge in [0.05, 0.1) is 0 Å². The quantitative estimate of drug-likeness (QED) is 0.421. The number of fused-ring (bicyclic) bond motifs is 1. The maximum Gasteiger partial charge on any atom is 0.402 e. The lowest BCUT2D eigenvalue weighted by Crippen LogP contribution is -2.18. The Hall–Kier alpha value is -1.39. The molecule has 2 rings (SSSR count). The topological polar surface area (TPSA) is 61.5 Å². The Labute approximate surface area is 44.4 Å². The highest BCUT2D eigenvalue weighted by molar-refractivity contribution is 5.07. The number of aromatic amines is 2. The number of nitrogens with one attached hydrogen (secondary N) is 2. The molecule has 8 heavy (non-hydrogen) atoms. The number of hydrogen-bond donors (Lipinski definition) is 2. The molecule has 0 saturated heterocycles. The van der Waals surface area contributed by atoms with Gasteiger partial charge >= 0.3 is 5.78 Å². The van der Waals surface area contributed by atoms with Crippen LogP contribution in [-0.2, 0) is 0 Å².